The summed E-state index contributed by atoms with van der Waals surface area (Å²) in [5.74, 6) is -0.646. The Hall–Kier alpha value is -2.86. The first kappa shape index (κ1) is 15.7. The fraction of sp³-hybridized carbons (Fsp3) is 0.167. The predicted octanol–water partition coefficient (Wildman–Crippen LogP) is 3.21. The molecule has 1 fully saturated rings. The molecule has 1 atom stereocenters. The molecule has 25 heavy (non-hydrogen) atoms. The molecule has 6 nitrogen and oxygen atoms in total. The van der Waals surface area contributed by atoms with E-state index in [1.165, 1.54) is 0 Å². The lowest BCUT2D eigenvalue weighted by molar-refractivity contribution is -0.122. The van der Waals surface area contributed by atoms with Gasteiger partial charge in [-0.2, -0.15) is 0 Å². The van der Waals surface area contributed by atoms with Crippen LogP contribution in [-0.4, -0.2) is 28.3 Å². The first-order chi connectivity index (χ1) is 12.1. The highest BCUT2D eigenvalue weighted by Crippen LogP contribution is 2.28. The summed E-state index contributed by atoms with van der Waals surface area (Å²) >= 11 is 5.99. The van der Waals surface area contributed by atoms with Crippen molar-refractivity contribution in [3.8, 4) is 0 Å². The fourth-order valence-electron chi connectivity index (χ4n) is 3.03. The Balaban J connectivity index is 1.48. The van der Waals surface area contributed by atoms with Gasteiger partial charge in [-0.1, -0.05) is 17.7 Å². The lowest BCUT2D eigenvalue weighted by Crippen LogP contribution is -2.28. The Kier molecular flexibility index (Phi) is 3.89. The number of carbonyl (C=O) groups excluding carboxylic acids is 2. The largest absolute Gasteiger partial charge is 0.345 e. The molecule has 2 aromatic carbocycles. The lowest BCUT2D eigenvalue weighted by atomic mass is 10.1. The molecule has 2 N–H and O–H groups in total. The molecule has 0 spiro atoms. The Morgan fingerprint density at radius 2 is 2.16 bits per heavy atom. The first-order valence-corrected chi connectivity index (χ1v) is 8.28. The van der Waals surface area contributed by atoms with Crippen molar-refractivity contribution in [3.05, 3.63) is 53.8 Å². The van der Waals surface area contributed by atoms with Gasteiger partial charge in [-0.3, -0.25) is 9.59 Å². The van der Waals surface area contributed by atoms with Gasteiger partial charge in [0.15, 0.2) is 0 Å². The number of hydrogen-bond acceptors (Lipinski definition) is 3. The van der Waals surface area contributed by atoms with Crippen LogP contribution in [0.2, 0.25) is 5.02 Å². The molecule has 0 saturated carbocycles. The van der Waals surface area contributed by atoms with Crippen molar-refractivity contribution in [1.29, 1.82) is 0 Å². The zero-order valence-electron chi connectivity index (χ0n) is 13.2. The molecular weight excluding hydrogens is 340 g/mol. The van der Waals surface area contributed by atoms with Crippen molar-refractivity contribution in [2.45, 2.75) is 6.42 Å². The summed E-state index contributed by atoms with van der Waals surface area (Å²) in [5.41, 5.74) is 3.07. The van der Waals surface area contributed by atoms with Crippen LogP contribution in [0.15, 0.2) is 48.8 Å². The maximum absolute atomic E-state index is 12.5. The summed E-state index contributed by atoms with van der Waals surface area (Å²) in [6.45, 7) is 0.345. The van der Waals surface area contributed by atoms with Gasteiger partial charge in [-0.15, -0.1) is 0 Å². The number of benzene rings is 2. The van der Waals surface area contributed by atoms with Crippen LogP contribution in [0.4, 0.5) is 11.4 Å². The highest BCUT2D eigenvalue weighted by molar-refractivity contribution is 6.31. The number of nitrogens with zero attached hydrogens (tertiary/aromatic N) is 2. The van der Waals surface area contributed by atoms with Crippen LogP contribution in [0.25, 0.3) is 11.0 Å². The quantitative estimate of drug-likeness (QED) is 0.758. The number of carbonyl (C=O) groups is 2. The first-order valence-electron chi connectivity index (χ1n) is 7.90. The molecule has 0 bridgehead atoms. The number of aromatic amines is 1. The molecule has 3 aromatic rings. The van der Waals surface area contributed by atoms with Gasteiger partial charge in [-0.05, 0) is 36.4 Å². The minimum atomic E-state index is -0.399. The molecular formula is C18H15ClN4O2. The molecule has 1 saturated heterocycles. The normalized spacial score (nSPS) is 17.2. The third-order valence-corrected chi connectivity index (χ3v) is 4.54. The van der Waals surface area contributed by atoms with Crippen molar-refractivity contribution in [2.24, 2.45) is 5.92 Å². The van der Waals surface area contributed by atoms with E-state index < -0.39 is 5.92 Å². The second-order valence-electron chi connectivity index (χ2n) is 6.01. The van der Waals surface area contributed by atoms with E-state index in [9.17, 15) is 9.59 Å². The number of aromatic nitrogens is 2. The molecule has 2 amide bonds. The fourth-order valence-corrected chi connectivity index (χ4v) is 3.22. The number of H-pyrrole nitrogens is 1. The number of amides is 2. The lowest BCUT2D eigenvalue weighted by Gasteiger charge is -2.17. The Labute approximate surface area is 148 Å². The summed E-state index contributed by atoms with van der Waals surface area (Å²) in [5, 5.41) is 3.44. The van der Waals surface area contributed by atoms with E-state index in [-0.39, 0.29) is 18.2 Å². The third-order valence-electron chi connectivity index (χ3n) is 4.30. The monoisotopic (exact) mass is 354 g/mol. The van der Waals surface area contributed by atoms with Gasteiger partial charge in [0.1, 0.15) is 0 Å². The second kappa shape index (κ2) is 6.22. The molecule has 2 heterocycles. The third kappa shape index (κ3) is 3.08. The standard InChI is InChI=1S/C18H15ClN4O2/c19-12-2-1-3-14(7-12)23-9-11(6-17(23)24)18(25)22-13-4-5-15-16(8-13)21-10-20-15/h1-5,7-8,10-11H,6,9H2,(H,20,21)(H,22,25)/t11-/m1/s1. The van der Waals surface area contributed by atoms with Crippen LogP contribution >= 0.6 is 11.6 Å². The van der Waals surface area contributed by atoms with E-state index in [4.69, 9.17) is 11.6 Å². The maximum atomic E-state index is 12.5. The number of imidazole rings is 1. The van der Waals surface area contributed by atoms with Gasteiger partial charge in [0.05, 0.1) is 23.3 Å². The average molecular weight is 355 g/mol. The van der Waals surface area contributed by atoms with Gasteiger partial charge in [0, 0.05) is 29.4 Å². The summed E-state index contributed by atoms with van der Waals surface area (Å²) in [4.78, 5) is 33.6. The molecule has 126 valence electrons. The molecule has 0 aliphatic carbocycles. The van der Waals surface area contributed by atoms with E-state index in [1.807, 2.05) is 18.2 Å². The predicted molar refractivity (Wildman–Crippen MR) is 96.6 cm³/mol. The van der Waals surface area contributed by atoms with Gasteiger partial charge in [0.2, 0.25) is 11.8 Å². The average Bonchev–Trinajstić information content (AvgIpc) is 3.20. The van der Waals surface area contributed by atoms with Crippen molar-refractivity contribution >= 4 is 45.8 Å². The zero-order valence-corrected chi connectivity index (χ0v) is 14.0. The van der Waals surface area contributed by atoms with Crippen LogP contribution in [0.3, 0.4) is 0 Å². The van der Waals surface area contributed by atoms with E-state index in [1.54, 1.807) is 35.5 Å². The van der Waals surface area contributed by atoms with Crippen LogP contribution in [0, 0.1) is 5.92 Å². The Morgan fingerprint density at radius 1 is 1.28 bits per heavy atom. The van der Waals surface area contributed by atoms with Crippen molar-refractivity contribution in [1.82, 2.24) is 9.97 Å². The van der Waals surface area contributed by atoms with Gasteiger partial charge >= 0.3 is 0 Å². The van der Waals surface area contributed by atoms with Crippen LogP contribution in [0.1, 0.15) is 6.42 Å². The summed E-state index contributed by atoms with van der Waals surface area (Å²) in [6, 6.07) is 12.5. The number of hydrogen-bond donors (Lipinski definition) is 2. The molecule has 1 aliphatic rings. The van der Waals surface area contributed by atoms with E-state index >= 15 is 0 Å². The number of rotatable bonds is 3. The molecule has 1 aromatic heterocycles. The molecule has 1 aliphatic heterocycles. The minimum absolute atomic E-state index is 0.0774. The molecule has 0 radical (unpaired) electrons. The van der Waals surface area contributed by atoms with Crippen molar-refractivity contribution in [2.75, 3.05) is 16.8 Å². The number of fused-ring (bicyclic) bond motifs is 1. The van der Waals surface area contributed by atoms with Gasteiger partial charge in [0.25, 0.3) is 0 Å². The number of halogens is 1. The molecule has 7 heteroatoms. The summed E-state index contributed by atoms with van der Waals surface area (Å²) in [7, 11) is 0. The van der Waals surface area contributed by atoms with Crippen LogP contribution < -0.4 is 10.2 Å². The summed E-state index contributed by atoms with van der Waals surface area (Å²) in [6.07, 6.45) is 1.79. The summed E-state index contributed by atoms with van der Waals surface area (Å²) < 4.78 is 0. The van der Waals surface area contributed by atoms with Crippen LogP contribution in [0.5, 0.6) is 0 Å². The zero-order chi connectivity index (χ0) is 17.4. The highest BCUT2D eigenvalue weighted by Gasteiger charge is 2.35. The number of nitrogens with one attached hydrogen (secondary N) is 2. The van der Waals surface area contributed by atoms with Crippen molar-refractivity contribution in [3.63, 3.8) is 0 Å². The number of anilines is 2. The highest BCUT2D eigenvalue weighted by atomic mass is 35.5. The van der Waals surface area contributed by atoms with Crippen LogP contribution in [-0.2, 0) is 9.59 Å². The van der Waals surface area contributed by atoms with E-state index in [0.717, 1.165) is 11.0 Å². The van der Waals surface area contributed by atoms with Gasteiger partial charge < -0.3 is 15.2 Å². The smallest absolute Gasteiger partial charge is 0.229 e. The SMILES string of the molecule is O=C(Nc1ccc2nc[nH]c2c1)[C@@H]1CC(=O)N(c2cccc(Cl)c2)C1. The Morgan fingerprint density at radius 3 is 3.00 bits per heavy atom. The van der Waals surface area contributed by atoms with Crippen molar-refractivity contribution < 1.29 is 9.59 Å². The second-order valence-corrected chi connectivity index (χ2v) is 6.45. The minimum Gasteiger partial charge on any atom is -0.345 e. The Bertz CT molecular complexity index is 968. The van der Waals surface area contributed by atoms with Gasteiger partial charge in [-0.25, -0.2) is 4.98 Å². The molecule has 4 rings (SSSR count). The van der Waals surface area contributed by atoms with E-state index in [2.05, 4.69) is 15.3 Å². The molecule has 0 unspecified atom stereocenters. The topological polar surface area (TPSA) is 78.1 Å². The van der Waals surface area contributed by atoms with E-state index in [0.29, 0.717) is 22.9 Å². The maximum Gasteiger partial charge on any atom is 0.229 e.